The average Bonchev–Trinajstić information content (AvgIpc) is 2.07. The maximum Gasteiger partial charge on any atom is 1.00 e. The zero-order valence-corrected chi connectivity index (χ0v) is 9.88. The van der Waals surface area contributed by atoms with Crippen molar-refractivity contribution in [3.63, 3.8) is 0 Å². The number of rotatable bonds is 1. The molecule has 0 atom stereocenters. The first-order valence-corrected chi connectivity index (χ1v) is 3.64. The second kappa shape index (κ2) is 6.06. The zero-order valence-electron chi connectivity index (χ0n) is 7.12. The molecule has 0 fully saturated rings. The predicted molar refractivity (Wildman–Crippen MR) is 45.0 cm³/mol. The van der Waals surface area contributed by atoms with E-state index >= 15 is 0 Å². The van der Waals surface area contributed by atoms with Gasteiger partial charge in [0, 0.05) is 10.6 Å². The molecule has 1 aromatic carbocycles. The van der Waals surface area contributed by atoms with Crippen molar-refractivity contribution in [1.82, 2.24) is 0 Å². The van der Waals surface area contributed by atoms with Crippen LogP contribution in [0.4, 0.5) is 0 Å². The maximum atomic E-state index is 10.3. The van der Waals surface area contributed by atoms with Gasteiger partial charge in [0.1, 0.15) is 0 Å². The standard InChI is InChI=1S/C9H6ClNO.Na/c10-9-3-1-2-7(4-9)8(5-11)6-12;/h1-4,6,12H;/q;+1/p-1/b8-6-;. The van der Waals surface area contributed by atoms with Crippen LogP contribution in [-0.4, -0.2) is 0 Å². The largest absolute Gasteiger partial charge is 1.00 e. The molecule has 4 heteroatoms. The Balaban J connectivity index is 0.00000144. The van der Waals surface area contributed by atoms with E-state index in [9.17, 15) is 5.11 Å². The van der Waals surface area contributed by atoms with Crippen molar-refractivity contribution in [2.75, 3.05) is 0 Å². The molecule has 0 radical (unpaired) electrons. The van der Waals surface area contributed by atoms with Gasteiger partial charge in [-0.15, -0.1) is 6.26 Å². The topological polar surface area (TPSA) is 46.8 Å². The molecule has 0 aliphatic rings. The van der Waals surface area contributed by atoms with E-state index in [0.29, 0.717) is 16.8 Å². The summed E-state index contributed by atoms with van der Waals surface area (Å²) in [6, 6.07) is 8.41. The fraction of sp³-hybridized carbons (Fsp3) is 0. The van der Waals surface area contributed by atoms with Gasteiger partial charge in [-0.05, 0) is 17.7 Å². The van der Waals surface area contributed by atoms with Crippen LogP contribution < -0.4 is 34.7 Å². The Hall–Kier alpha value is -0.460. The van der Waals surface area contributed by atoms with Gasteiger partial charge in [-0.25, -0.2) is 0 Å². The van der Waals surface area contributed by atoms with Crippen molar-refractivity contribution < 1.29 is 34.7 Å². The van der Waals surface area contributed by atoms with E-state index in [-0.39, 0.29) is 35.1 Å². The van der Waals surface area contributed by atoms with Crippen LogP contribution in [0.15, 0.2) is 30.5 Å². The molecule has 0 saturated heterocycles. The quantitative estimate of drug-likeness (QED) is 0.318. The normalized spacial score (nSPS) is 10.0. The van der Waals surface area contributed by atoms with Gasteiger partial charge in [-0.2, -0.15) is 5.26 Å². The van der Waals surface area contributed by atoms with Crippen molar-refractivity contribution in [2.24, 2.45) is 0 Å². The summed E-state index contributed by atoms with van der Waals surface area (Å²) in [6.07, 6.45) is 0.520. The molecule has 13 heavy (non-hydrogen) atoms. The smallest absolute Gasteiger partial charge is 0.877 e. The Labute approximate surface area is 104 Å². The SMILES string of the molecule is N#C/C(=C/[O-])c1cccc(Cl)c1.[Na+]. The van der Waals surface area contributed by atoms with Crippen molar-refractivity contribution in [3.05, 3.63) is 41.1 Å². The molecule has 1 aromatic rings. The molecular formula is C9H5ClNNaO. The third-order valence-corrected chi connectivity index (χ3v) is 1.61. The summed E-state index contributed by atoms with van der Waals surface area (Å²) in [7, 11) is 0. The summed E-state index contributed by atoms with van der Waals surface area (Å²) >= 11 is 5.66. The van der Waals surface area contributed by atoms with Crippen LogP contribution in [0.5, 0.6) is 0 Å². The molecule has 1 rings (SSSR count). The van der Waals surface area contributed by atoms with E-state index in [1.807, 2.05) is 0 Å². The number of benzene rings is 1. The van der Waals surface area contributed by atoms with Gasteiger partial charge in [0.2, 0.25) is 0 Å². The monoisotopic (exact) mass is 201 g/mol. The van der Waals surface area contributed by atoms with Crippen LogP contribution in [0, 0.1) is 11.3 Å². The Bertz CT molecular complexity index is 357. The summed E-state index contributed by atoms with van der Waals surface area (Å²) in [5.74, 6) is 0. The van der Waals surface area contributed by atoms with E-state index in [0.717, 1.165) is 0 Å². The Morgan fingerprint density at radius 2 is 2.23 bits per heavy atom. The first-order valence-electron chi connectivity index (χ1n) is 3.26. The number of allylic oxidation sites excluding steroid dienone is 1. The molecule has 0 aliphatic carbocycles. The molecule has 0 spiro atoms. The van der Waals surface area contributed by atoms with Crippen LogP contribution in [0.1, 0.15) is 5.56 Å². The second-order valence-corrected chi connectivity index (χ2v) is 2.59. The van der Waals surface area contributed by atoms with Crippen molar-refractivity contribution in [1.29, 1.82) is 5.26 Å². The molecule has 0 aliphatic heterocycles. The molecule has 0 bridgehead atoms. The molecule has 2 nitrogen and oxygen atoms in total. The summed E-state index contributed by atoms with van der Waals surface area (Å²) in [6.45, 7) is 0. The number of nitriles is 1. The van der Waals surface area contributed by atoms with Crippen molar-refractivity contribution in [2.45, 2.75) is 0 Å². The van der Waals surface area contributed by atoms with E-state index < -0.39 is 0 Å². The van der Waals surface area contributed by atoms with Crippen LogP contribution in [-0.2, 0) is 0 Å². The molecule has 0 aromatic heterocycles. The molecule has 0 amide bonds. The minimum Gasteiger partial charge on any atom is -0.877 e. The van der Waals surface area contributed by atoms with Crippen LogP contribution in [0.25, 0.3) is 5.57 Å². The summed E-state index contributed by atoms with van der Waals surface area (Å²) in [5.41, 5.74) is 0.650. The van der Waals surface area contributed by atoms with E-state index in [4.69, 9.17) is 16.9 Å². The molecule has 0 N–H and O–H groups in total. The van der Waals surface area contributed by atoms with Gasteiger partial charge < -0.3 is 5.11 Å². The minimum absolute atomic E-state index is 0. The van der Waals surface area contributed by atoms with Crippen molar-refractivity contribution >= 4 is 17.2 Å². The Morgan fingerprint density at radius 1 is 1.54 bits per heavy atom. The molecule has 0 heterocycles. The van der Waals surface area contributed by atoms with Gasteiger partial charge >= 0.3 is 29.6 Å². The predicted octanol–water partition coefficient (Wildman–Crippen LogP) is -1.43. The molecule has 0 unspecified atom stereocenters. The first kappa shape index (κ1) is 12.5. The summed E-state index contributed by atoms with van der Waals surface area (Å²) in [4.78, 5) is 0. The van der Waals surface area contributed by atoms with Gasteiger partial charge in [0.15, 0.2) is 0 Å². The average molecular weight is 202 g/mol. The van der Waals surface area contributed by atoms with Gasteiger partial charge in [0.05, 0.1) is 6.07 Å². The molecular weight excluding hydrogens is 197 g/mol. The fourth-order valence-electron chi connectivity index (χ4n) is 0.815. The van der Waals surface area contributed by atoms with Gasteiger partial charge in [-0.1, -0.05) is 23.7 Å². The Morgan fingerprint density at radius 3 is 2.69 bits per heavy atom. The zero-order chi connectivity index (χ0) is 8.97. The number of hydrogen-bond acceptors (Lipinski definition) is 2. The van der Waals surface area contributed by atoms with Gasteiger partial charge in [0.25, 0.3) is 0 Å². The molecule has 0 saturated carbocycles. The second-order valence-electron chi connectivity index (χ2n) is 2.15. The fourth-order valence-corrected chi connectivity index (χ4v) is 1.01. The van der Waals surface area contributed by atoms with Crippen LogP contribution in [0.2, 0.25) is 5.02 Å². The van der Waals surface area contributed by atoms with Crippen LogP contribution in [0.3, 0.4) is 0 Å². The van der Waals surface area contributed by atoms with Gasteiger partial charge in [-0.3, -0.25) is 0 Å². The minimum atomic E-state index is 0. The Kier molecular flexibility index (Phi) is 5.85. The summed E-state index contributed by atoms with van der Waals surface area (Å²) in [5, 5.41) is 19.4. The number of nitrogens with zero attached hydrogens (tertiary/aromatic N) is 1. The third-order valence-electron chi connectivity index (χ3n) is 1.37. The summed E-state index contributed by atoms with van der Waals surface area (Å²) < 4.78 is 0. The van der Waals surface area contributed by atoms with Crippen molar-refractivity contribution in [3.8, 4) is 6.07 Å². The van der Waals surface area contributed by atoms with E-state index in [2.05, 4.69) is 0 Å². The van der Waals surface area contributed by atoms with Crippen LogP contribution >= 0.6 is 11.6 Å². The maximum absolute atomic E-state index is 10.3. The molecule has 60 valence electrons. The first-order chi connectivity index (χ1) is 5.77. The number of hydrogen-bond donors (Lipinski definition) is 0. The third kappa shape index (κ3) is 3.41. The van der Waals surface area contributed by atoms with E-state index in [1.165, 1.54) is 0 Å². The van der Waals surface area contributed by atoms with E-state index in [1.54, 1.807) is 30.3 Å². The number of halogens is 1.